The Morgan fingerprint density at radius 1 is 0.800 bits per heavy atom. The van der Waals surface area contributed by atoms with Gasteiger partial charge in [-0.2, -0.15) is 18.3 Å². The molecule has 30 heavy (non-hydrogen) atoms. The first-order valence-corrected chi connectivity index (χ1v) is 10.3. The highest BCUT2D eigenvalue weighted by Crippen LogP contribution is 2.43. The summed E-state index contributed by atoms with van der Waals surface area (Å²) < 4.78 is 57.2. The van der Waals surface area contributed by atoms with Crippen molar-refractivity contribution in [1.29, 1.82) is 0 Å². The number of rotatable bonds is 4. The molecule has 0 amide bonds. The molecule has 0 aliphatic heterocycles. The van der Waals surface area contributed by atoms with E-state index in [4.69, 9.17) is 0 Å². The number of aromatic nitrogens is 2. The predicted octanol–water partition coefficient (Wildman–Crippen LogP) is 7.09. The first kappa shape index (κ1) is 20.2. The molecule has 0 atom stereocenters. The lowest BCUT2D eigenvalue weighted by Crippen LogP contribution is -2.14. The Labute approximate surface area is 175 Å². The van der Waals surface area contributed by atoms with E-state index in [1.165, 1.54) is 23.9 Å². The molecule has 7 heteroatoms. The summed E-state index contributed by atoms with van der Waals surface area (Å²) in [6, 6.07) is 20.3. The van der Waals surface area contributed by atoms with E-state index in [1.807, 2.05) is 18.4 Å². The number of benzene rings is 3. The Bertz CT molecular complexity index is 1150. The van der Waals surface area contributed by atoms with E-state index < -0.39 is 17.7 Å². The van der Waals surface area contributed by atoms with Gasteiger partial charge in [0.25, 0.3) is 0 Å². The molecule has 0 radical (unpaired) electrons. The van der Waals surface area contributed by atoms with Gasteiger partial charge in [0.2, 0.25) is 0 Å². The number of nitrogens with zero attached hydrogens (tertiary/aromatic N) is 2. The zero-order valence-corrected chi connectivity index (χ0v) is 16.6. The van der Waals surface area contributed by atoms with Crippen molar-refractivity contribution in [3.05, 3.63) is 90.4 Å². The fraction of sp³-hybridized carbons (Fsp3) is 0.0870. The van der Waals surface area contributed by atoms with Gasteiger partial charge >= 0.3 is 6.18 Å². The molecule has 4 rings (SSSR count). The van der Waals surface area contributed by atoms with Crippen molar-refractivity contribution in [2.24, 2.45) is 0 Å². The molecule has 0 saturated carbocycles. The van der Waals surface area contributed by atoms with Crippen LogP contribution in [0.3, 0.4) is 0 Å². The lowest BCUT2D eigenvalue weighted by atomic mass is 9.98. The monoisotopic (exact) mass is 428 g/mol. The van der Waals surface area contributed by atoms with Crippen LogP contribution in [-0.4, -0.2) is 16.0 Å². The molecule has 152 valence electrons. The van der Waals surface area contributed by atoms with E-state index in [0.717, 1.165) is 21.7 Å². The average molecular weight is 428 g/mol. The van der Waals surface area contributed by atoms with E-state index in [-0.39, 0.29) is 16.8 Å². The highest BCUT2D eigenvalue weighted by molar-refractivity contribution is 7.98. The van der Waals surface area contributed by atoms with Crippen LogP contribution in [-0.2, 0) is 6.18 Å². The zero-order valence-electron chi connectivity index (χ0n) is 15.8. The summed E-state index contributed by atoms with van der Waals surface area (Å²) in [6.45, 7) is 0. The number of hydrogen-bond acceptors (Lipinski definition) is 2. The van der Waals surface area contributed by atoms with Gasteiger partial charge in [0.05, 0.1) is 5.69 Å². The molecule has 0 unspecified atom stereocenters. The van der Waals surface area contributed by atoms with Crippen LogP contribution in [0.4, 0.5) is 17.6 Å². The maximum atomic E-state index is 14.3. The van der Waals surface area contributed by atoms with Gasteiger partial charge < -0.3 is 0 Å². The summed E-state index contributed by atoms with van der Waals surface area (Å²) >= 11 is 1.54. The smallest absolute Gasteiger partial charge is 0.227 e. The second-order valence-corrected chi connectivity index (χ2v) is 7.43. The summed E-state index contributed by atoms with van der Waals surface area (Å²) in [5.74, 6) is -0.520. The Hall–Kier alpha value is -3.06. The zero-order chi connectivity index (χ0) is 21.3. The van der Waals surface area contributed by atoms with Crippen molar-refractivity contribution in [1.82, 2.24) is 9.78 Å². The minimum Gasteiger partial charge on any atom is -0.227 e. The third-order valence-corrected chi connectivity index (χ3v) is 5.39. The standard InChI is InChI=1S/C23H16F4N2S/c1-30-19-13-9-16(10-14-19)21-20(15-7-11-17(24)12-8-15)22(23(25,26)27)29(28-21)18-5-3-2-4-6-18/h2-14H,1H3. The fourth-order valence-corrected chi connectivity index (χ4v) is 3.69. The molecule has 0 spiro atoms. The first-order valence-electron chi connectivity index (χ1n) is 9.04. The average Bonchev–Trinajstić information content (AvgIpc) is 3.16. The molecule has 2 nitrogen and oxygen atoms in total. The lowest BCUT2D eigenvalue weighted by molar-refractivity contribution is -0.142. The van der Waals surface area contributed by atoms with Gasteiger partial charge in [-0.15, -0.1) is 11.8 Å². The molecule has 0 fully saturated rings. The minimum absolute atomic E-state index is 0.0803. The number of thioether (sulfide) groups is 1. The molecule has 0 aliphatic rings. The number of para-hydroxylation sites is 1. The van der Waals surface area contributed by atoms with Gasteiger partial charge in [-0.3, -0.25) is 0 Å². The summed E-state index contributed by atoms with van der Waals surface area (Å²) in [4.78, 5) is 0.987. The van der Waals surface area contributed by atoms with Crippen molar-refractivity contribution in [2.75, 3.05) is 6.26 Å². The lowest BCUT2D eigenvalue weighted by Gasteiger charge is -2.13. The topological polar surface area (TPSA) is 17.8 Å². The molecule has 1 heterocycles. The van der Waals surface area contributed by atoms with Crippen molar-refractivity contribution in [3.63, 3.8) is 0 Å². The second-order valence-electron chi connectivity index (χ2n) is 6.55. The molecule has 0 aliphatic carbocycles. The van der Waals surface area contributed by atoms with Gasteiger partial charge in [0.15, 0.2) is 5.69 Å². The van der Waals surface area contributed by atoms with Gasteiger partial charge in [0, 0.05) is 16.0 Å². The predicted molar refractivity (Wildman–Crippen MR) is 111 cm³/mol. The van der Waals surface area contributed by atoms with E-state index in [9.17, 15) is 17.6 Å². The van der Waals surface area contributed by atoms with Crippen LogP contribution in [0.1, 0.15) is 5.69 Å². The number of hydrogen-bond donors (Lipinski definition) is 0. The van der Waals surface area contributed by atoms with Gasteiger partial charge in [-0.25, -0.2) is 9.07 Å². The Morgan fingerprint density at radius 2 is 1.40 bits per heavy atom. The maximum Gasteiger partial charge on any atom is 0.434 e. The van der Waals surface area contributed by atoms with Crippen molar-refractivity contribution >= 4 is 11.8 Å². The van der Waals surface area contributed by atoms with E-state index in [1.54, 1.807) is 42.5 Å². The Kier molecular flexibility index (Phi) is 5.39. The number of alkyl halides is 3. The van der Waals surface area contributed by atoms with Crippen molar-refractivity contribution < 1.29 is 17.6 Å². The van der Waals surface area contributed by atoms with E-state index in [2.05, 4.69) is 5.10 Å². The second kappa shape index (κ2) is 7.99. The summed E-state index contributed by atoms with van der Waals surface area (Å²) in [6.07, 6.45) is -2.76. The quantitative estimate of drug-likeness (QED) is 0.255. The third-order valence-electron chi connectivity index (χ3n) is 4.65. The van der Waals surface area contributed by atoms with Crippen LogP contribution in [0.15, 0.2) is 83.8 Å². The first-order chi connectivity index (χ1) is 14.4. The molecule has 4 aromatic rings. The highest BCUT2D eigenvalue weighted by Gasteiger charge is 2.41. The SMILES string of the molecule is CSc1ccc(-c2nn(-c3ccccc3)c(C(F)(F)F)c2-c2ccc(F)cc2)cc1. The largest absolute Gasteiger partial charge is 0.434 e. The van der Waals surface area contributed by atoms with Crippen LogP contribution in [0.5, 0.6) is 0 Å². The summed E-state index contributed by atoms with van der Waals surface area (Å²) in [7, 11) is 0. The van der Waals surface area contributed by atoms with Gasteiger partial charge in [-0.1, -0.05) is 42.5 Å². The third kappa shape index (κ3) is 3.85. The van der Waals surface area contributed by atoms with Gasteiger partial charge in [-0.05, 0) is 48.2 Å². The molecule has 0 bridgehead atoms. The molecule has 3 aromatic carbocycles. The molecular weight excluding hydrogens is 412 g/mol. The molecule has 0 N–H and O–H groups in total. The summed E-state index contributed by atoms with van der Waals surface area (Å²) in [5, 5.41) is 4.37. The Balaban J connectivity index is 2.05. The maximum absolute atomic E-state index is 14.3. The molecule has 0 saturated heterocycles. The minimum atomic E-state index is -4.68. The van der Waals surface area contributed by atoms with Crippen LogP contribution in [0, 0.1) is 5.82 Å². The van der Waals surface area contributed by atoms with Crippen molar-refractivity contribution in [3.8, 4) is 28.1 Å². The molecular formula is C23H16F4N2S. The molecule has 1 aromatic heterocycles. The van der Waals surface area contributed by atoms with Gasteiger partial charge in [0.1, 0.15) is 11.5 Å². The normalized spacial score (nSPS) is 11.6. The highest BCUT2D eigenvalue weighted by atomic mass is 32.2. The fourth-order valence-electron chi connectivity index (χ4n) is 3.28. The van der Waals surface area contributed by atoms with E-state index in [0.29, 0.717) is 11.3 Å². The van der Waals surface area contributed by atoms with Crippen LogP contribution in [0.2, 0.25) is 0 Å². The van der Waals surface area contributed by atoms with Crippen LogP contribution in [0.25, 0.3) is 28.1 Å². The number of halogens is 4. The summed E-state index contributed by atoms with van der Waals surface area (Å²) in [5.41, 5.74) is 0.292. The van der Waals surface area contributed by atoms with Crippen LogP contribution < -0.4 is 0 Å². The van der Waals surface area contributed by atoms with Crippen molar-refractivity contribution in [2.45, 2.75) is 11.1 Å². The van der Waals surface area contributed by atoms with Crippen LogP contribution >= 0.6 is 11.8 Å². The van der Waals surface area contributed by atoms with E-state index >= 15 is 0 Å². The Morgan fingerprint density at radius 3 is 1.97 bits per heavy atom.